The van der Waals surface area contributed by atoms with Crippen molar-refractivity contribution in [1.82, 2.24) is 5.32 Å². The molecule has 12 heavy (non-hydrogen) atoms. The molecule has 0 bridgehead atoms. The van der Waals surface area contributed by atoms with E-state index in [-0.39, 0.29) is 5.75 Å². The van der Waals surface area contributed by atoms with Crippen LogP contribution in [0, 0.1) is 4.91 Å². The van der Waals surface area contributed by atoms with Crippen molar-refractivity contribution in [3.8, 4) is 0 Å². The van der Waals surface area contributed by atoms with Crippen molar-refractivity contribution < 1.29 is 14.7 Å². The minimum atomic E-state index is -1.19. The Labute approximate surface area is 73.7 Å². The summed E-state index contributed by atoms with van der Waals surface area (Å²) in [6, 6.07) is -1.07. The van der Waals surface area contributed by atoms with E-state index in [9.17, 15) is 14.5 Å². The number of nitroso groups, excluding NO2 is 1. The normalized spacial score (nSPS) is 11.8. The Morgan fingerprint density at radius 2 is 2.17 bits per heavy atom. The van der Waals surface area contributed by atoms with Gasteiger partial charge in [-0.05, 0) is 0 Å². The van der Waals surface area contributed by atoms with Crippen LogP contribution in [0.3, 0.4) is 0 Å². The summed E-state index contributed by atoms with van der Waals surface area (Å²) in [4.78, 5) is 30.5. The fraction of sp³-hybridized carbons (Fsp3) is 0.600. The van der Waals surface area contributed by atoms with E-state index in [4.69, 9.17) is 5.11 Å². The zero-order chi connectivity index (χ0) is 9.56. The fourth-order valence-corrected chi connectivity index (χ4v) is 0.732. The minimum Gasteiger partial charge on any atom is -0.480 e. The van der Waals surface area contributed by atoms with E-state index in [1.165, 1.54) is 0 Å². The van der Waals surface area contributed by atoms with Crippen LogP contribution in [0.1, 0.15) is 0 Å². The zero-order valence-corrected chi connectivity index (χ0v) is 6.95. The molecule has 0 saturated carbocycles. The molecule has 0 rings (SSSR count). The molecule has 0 fully saturated rings. The number of hydrogen-bond acceptors (Lipinski definition) is 5. The number of rotatable bonds is 5. The quantitative estimate of drug-likeness (QED) is 0.394. The molecule has 7 heteroatoms. The highest BCUT2D eigenvalue weighted by molar-refractivity contribution is 7.80. The first kappa shape index (κ1) is 10.9. The first-order chi connectivity index (χ1) is 5.61. The molecule has 0 aromatic carbocycles. The Kier molecular flexibility index (Phi) is 5.02. The van der Waals surface area contributed by atoms with Crippen molar-refractivity contribution in [2.24, 2.45) is 5.18 Å². The van der Waals surface area contributed by atoms with Gasteiger partial charge in [0.25, 0.3) is 0 Å². The van der Waals surface area contributed by atoms with E-state index < -0.39 is 24.5 Å². The van der Waals surface area contributed by atoms with Gasteiger partial charge in [-0.15, -0.1) is 0 Å². The highest BCUT2D eigenvalue weighted by Gasteiger charge is 2.17. The highest BCUT2D eigenvalue weighted by Crippen LogP contribution is 1.88. The second-order valence-electron chi connectivity index (χ2n) is 1.93. The van der Waals surface area contributed by atoms with Crippen LogP contribution < -0.4 is 5.32 Å². The van der Waals surface area contributed by atoms with Crippen LogP contribution in [0.15, 0.2) is 5.18 Å². The number of carbonyl (C=O) groups excluding carboxylic acids is 1. The Bertz CT molecular complexity index is 196. The second kappa shape index (κ2) is 5.53. The van der Waals surface area contributed by atoms with Gasteiger partial charge in [-0.2, -0.15) is 17.5 Å². The van der Waals surface area contributed by atoms with Gasteiger partial charge in [0.05, 0.1) is 0 Å². The van der Waals surface area contributed by atoms with Crippen molar-refractivity contribution in [2.75, 3.05) is 12.3 Å². The molecule has 0 unspecified atom stereocenters. The standard InChI is InChI=1S/C5H8N2O4S/c8-4(1-6-11)7-3(2-12)5(9)10/h3,12H,1-2H2,(H,7,8)(H,9,10)/t3-/m0/s1. The van der Waals surface area contributed by atoms with Crippen molar-refractivity contribution in [2.45, 2.75) is 6.04 Å². The summed E-state index contributed by atoms with van der Waals surface area (Å²) in [5.74, 6) is -1.93. The molecule has 0 saturated heterocycles. The molecule has 6 nitrogen and oxygen atoms in total. The largest absolute Gasteiger partial charge is 0.480 e. The van der Waals surface area contributed by atoms with Crippen LogP contribution in [0.25, 0.3) is 0 Å². The van der Waals surface area contributed by atoms with Gasteiger partial charge in [-0.1, -0.05) is 5.18 Å². The van der Waals surface area contributed by atoms with E-state index >= 15 is 0 Å². The van der Waals surface area contributed by atoms with Crippen molar-refractivity contribution >= 4 is 24.5 Å². The van der Waals surface area contributed by atoms with Crippen LogP contribution in [-0.2, 0) is 9.59 Å². The molecule has 0 spiro atoms. The molecular weight excluding hydrogens is 184 g/mol. The lowest BCUT2D eigenvalue weighted by molar-refractivity contribution is -0.140. The van der Waals surface area contributed by atoms with Gasteiger partial charge in [0.1, 0.15) is 6.04 Å². The molecule has 0 aromatic heterocycles. The van der Waals surface area contributed by atoms with Crippen molar-refractivity contribution in [3.63, 3.8) is 0 Å². The van der Waals surface area contributed by atoms with Crippen LogP contribution >= 0.6 is 12.6 Å². The number of aliphatic carboxylic acids is 1. The third kappa shape index (κ3) is 3.91. The average Bonchev–Trinajstić information content (AvgIpc) is 2.00. The molecule has 0 aromatic rings. The molecule has 1 atom stereocenters. The molecule has 0 aliphatic heterocycles. The Morgan fingerprint density at radius 3 is 2.50 bits per heavy atom. The number of carbonyl (C=O) groups is 2. The monoisotopic (exact) mass is 192 g/mol. The molecule has 68 valence electrons. The third-order valence-electron chi connectivity index (χ3n) is 1.02. The smallest absolute Gasteiger partial charge is 0.327 e. The number of thiol groups is 1. The summed E-state index contributed by atoms with van der Waals surface area (Å²) in [5.41, 5.74) is 0. The predicted molar refractivity (Wildman–Crippen MR) is 44.1 cm³/mol. The number of carboxylic acid groups (broad SMARTS) is 1. The third-order valence-corrected chi connectivity index (χ3v) is 1.39. The minimum absolute atomic E-state index is 0.0278. The maximum atomic E-state index is 10.6. The lowest BCUT2D eigenvalue weighted by atomic mass is 10.3. The average molecular weight is 192 g/mol. The first-order valence-corrected chi connectivity index (χ1v) is 3.67. The first-order valence-electron chi connectivity index (χ1n) is 3.04. The topological polar surface area (TPSA) is 95.8 Å². The maximum Gasteiger partial charge on any atom is 0.327 e. The molecular formula is C5H8N2O4S. The zero-order valence-electron chi connectivity index (χ0n) is 6.06. The summed E-state index contributed by atoms with van der Waals surface area (Å²) in [6.07, 6.45) is 0. The summed E-state index contributed by atoms with van der Waals surface area (Å²) >= 11 is 3.69. The van der Waals surface area contributed by atoms with Gasteiger partial charge >= 0.3 is 5.97 Å². The van der Waals surface area contributed by atoms with Gasteiger partial charge in [0.15, 0.2) is 6.54 Å². The Hall–Kier alpha value is -1.11. The number of carboxylic acids is 1. The Morgan fingerprint density at radius 1 is 1.58 bits per heavy atom. The maximum absolute atomic E-state index is 10.6. The molecule has 0 heterocycles. The summed E-state index contributed by atoms with van der Waals surface area (Å²) in [5, 5.41) is 12.8. The van der Waals surface area contributed by atoms with Crippen molar-refractivity contribution in [3.05, 3.63) is 4.91 Å². The van der Waals surface area contributed by atoms with E-state index in [1.54, 1.807) is 0 Å². The lowest BCUT2D eigenvalue weighted by Crippen LogP contribution is -2.43. The van der Waals surface area contributed by atoms with E-state index in [0.717, 1.165) is 0 Å². The molecule has 1 amide bonds. The number of amides is 1. The van der Waals surface area contributed by atoms with E-state index in [0.29, 0.717) is 0 Å². The Balaban J connectivity index is 3.93. The highest BCUT2D eigenvalue weighted by atomic mass is 32.1. The molecule has 0 aliphatic rings. The van der Waals surface area contributed by atoms with Gasteiger partial charge in [-0.25, -0.2) is 4.79 Å². The lowest BCUT2D eigenvalue weighted by Gasteiger charge is -2.09. The van der Waals surface area contributed by atoms with E-state index in [2.05, 4.69) is 23.1 Å². The molecule has 0 radical (unpaired) electrons. The van der Waals surface area contributed by atoms with Gasteiger partial charge in [0.2, 0.25) is 5.91 Å². The molecule has 2 N–H and O–H groups in total. The SMILES string of the molecule is O=NCC(=O)N[C@@H](CS)C(=O)O. The number of nitrogens with zero attached hydrogens (tertiary/aromatic N) is 1. The van der Waals surface area contributed by atoms with Crippen LogP contribution in [0.2, 0.25) is 0 Å². The van der Waals surface area contributed by atoms with E-state index in [1.807, 2.05) is 0 Å². The fourth-order valence-electron chi connectivity index (χ4n) is 0.484. The van der Waals surface area contributed by atoms with Crippen molar-refractivity contribution in [1.29, 1.82) is 0 Å². The van der Waals surface area contributed by atoms with Gasteiger partial charge < -0.3 is 10.4 Å². The summed E-state index contributed by atoms with van der Waals surface area (Å²) in [6.45, 7) is -0.572. The van der Waals surface area contributed by atoms with Crippen LogP contribution in [0.4, 0.5) is 0 Å². The second-order valence-corrected chi connectivity index (χ2v) is 2.29. The van der Waals surface area contributed by atoms with Crippen LogP contribution in [-0.4, -0.2) is 35.3 Å². The van der Waals surface area contributed by atoms with Crippen LogP contribution in [0.5, 0.6) is 0 Å². The summed E-state index contributed by atoms with van der Waals surface area (Å²) in [7, 11) is 0. The molecule has 0 aliphatic carbocycles. The predicted octanol–water partition coefficient (Wildman–Crippen LogP) is -0.748. The van der Waals surface area contributed by atoms with Gasteiger partial charge in [-0.3, -0.25) is 4.79 Å². The number of nitrogens with one attached hydrogen (secondary N) is 1. The summed E-state index contributed by atoms with van der Waals surface area (Å²) < 4.78 is 0. The number of hydrogen-bond donors (Lipinski definition) is 3. The van der Waals surface area contributed by atoms with Gasteiger partial charge in [0, 0.05) is 5.75 Å².